The monoisotopic (exact) mass is 378 g/mol. The molecule has 150 valence electrons. The number of benzene rings is 1. The van der Waals surface area contributed by atoms with E-state index in [9.17, 15) is 9.90 Å². The van der Waals surface area contributed by atoms with Gasteiger partial charge in [0.25, 0.3) is 0 Å². The predicted molar refractivity (Wildman–Crippen MR) is 112 cm³/mol. The van der Waals surface area contributed by atoms with Crippen LogP contribution >= 0.6 is 0 Å². The van der Waals surface area contributed by atoms with Gasteiger partial charge in [-0.05, 0) is 93.9 Å². The number of hydrogen-bond acceptors (Lipinski definition) is 2. The lowest BCUT2D eigenvalue weighted by atomic mass is 9.53. The molecule has 0 saturated heterocycles. The zero-order valence-corrected chi connectivity index (χ0v) is 17.4. The van der Waals surface area contributed by atoms with E-state index in [4.69, 9.17) is 0 Å². The van der Waals surface area contributed by atoms with Crippen molar-refractivity contribution in [3.8, 4) is 0 Å². The molecular formula is C26H34O2. The minimum absolute atomic E-state index is 0.00865. The summed E-state index contributed by atoms with van der Waals surface area (Å²) < 4.78 is 0. The van der Waals surface area contributed by atoms with Crippen molar-refractivity contribution in [1.29, 1.82) is 0 Å². The van der Waals surface area contributed by atoms with Crippen molar-refractivity contribution in [1.82, 2.24) is 0 Å². The SMILES string of the molecule is CC(=O)[C@@]1(O)CC[C@H]2[C@@H]3CCC4CC(c5ccccc5)CCC4=C3CC[C@@]21C. The van der Waals surface area contributed by atoms with E-state index in [0.717, 1.165) is 31.1 Å². The molecule has 2 heteroatoms. The fourth-order valence-corrected chi connectivity index (χ4v) is 7.75. The van der Waals surface area contributed by atoms with E-state index in [0.29, 0.717) is 18.3 Å². The summed E-state index contributed by atoms with van der Waals surface area (Å²) in [6.07, 6.45) is 10.2. The predicted octanol–water partition coefficient (Wildman–Crippen LogP) is 5.81. The molecule has 4 aliphatic rings. The van der Waals surface area contributed by atoms with Crippen LogP contribution in [-0.2, 0) is 4.79 Å². The lowest BCUT2D eigenvalue weighted by Crippen LogP contribution is -2.53. The Morgan fingerprint density at radius 2 is 1.75 bits per heavy atom. The molecule has 3 fully saturated rings. The number of Topliss-reactive ketones (excluding diaryl/α,β-unsaturated/α-hetero) is 1. The van der Waals surface area contributed by atoms with Gasteiger partial charge in [-0.1, -0.05) is 48.4 Å². The molecule has 0 radical (unpaired) electrons. The van der Waals surface area contributed by atoms with E-state index in [-0.39, 0.29) is 11.2 Å². The molecule has 0 aromatic heterocycles. The second kappa shape index (κ2) is 6.55. The first-order valence-corrected chi connectivity index (χ1v) is 11.4. The normalized spacial score (nSPS) is 42.5. The summed E-state index contributed by atoms with van der Waals surface area (Å²) in [6.45, 7) is 3.81. The molecule has 3 saturated carbocycles. The van der Waals surface area contributed by atoms with Crippen LogP contribution in [-0.4, -0.2) is 16.5 Å². The number of rotatable bonds is 2. The van der Waals surface area contributed by atoms with Crippen molar-refractivity contribution < 1.29 is 9.90 Å². The third-order valence-electron chi connectivity index (χ3n) is 9.34. The molecule has 2 nitrogen and oxygen atoms in total. The highest BCUT2D eigenvalue weighted by atomic mass is 16.3. The van der Waals surface area contributed by atoms with E-state index in [2.05, 4.69) is 37.3 Å². The largest absolute Gasteiger partial charge is 0.382 e. The summed E-state index contributed by atoms with van der Waals surface area (Å²) in [5.74, 6) is 2.58. The van der Waals surface area contributed by atoms with Crippen LogP contribution in [0.25, 0.3) is 0 Å². The van der Waals surface area contributed by atoms with Crippen LogP contribution < -0.4 is 0 Å². The van der Waals surface area contributed by atoms with Crippen LogP contribution in [0.2, 0.25) is 0 Å². The number of allylic oxidation sites excluding steroid dienone is 2. The number of fused-ring (bicyclic) bond motifs is 4. The van der Waals surface area contributed by atoms with Gasteiger partial charge in [0.15, 0.2) is 5.78 Å². The first kappa shape index (κ1) is 18.6. The molecule has 0 aliphatic heterocycles. The second-order valence-corrected chi connectivity index (χ2v) is 10.3. The maximum absolute atomic E-state index is 12.3. The summed E-state index contributed by atoms with van der Waals surface area (Å²) in [5, 5.41) is 11.2. The minimum Gasteiger partial charge on any atom is -0.382 e. The first-order chi connectivity index (χ1) is 13.4. The average Bonchev–Trinajstić information content (AvgIpc) is 3.00. The number of carbonyl (C=O) groups excluding carboxylic acids is 1. The number of aliphatic hydroxyl groups is 1. The Morgan fingerprint density at radius 1 is 0.964 bits per heavy atom. The van der Waals surface area contributed by atoms with Gasteiger partial charge in [-0.3, -0.25) is 4.79 Å². The lowest BCUT2D eigenvalue weighted by molar-refractivity contribution is -0.152. The lowest BCUT2D eigenvalue weighted by Gasteiger charge is -2.52. The molecule has 1 N–H and O–H groups in total. The smallest absolute Gasteiger partial charge is 0.161 e. The molecule has 1 aromatic carbocycles. The molecule has 1 aromatic rings. The van der Waals surface area contributed by atoms with Gasteiger partial charge in [-0.2, -0.15) is 0 Å². The Labute approximate surface area is 169 Å². The summed E-state index contributed by atoms with van der Waals surface area (Å²) in [7, 11) is 0. The fourth-order valence-electron chi connectivity index (χ4n) is 7.75. The highest BCUT2D eigenvalue weighted by molar-refractivity contribution is 5.86. The maximum Gasteiger partial charge on any atom is 0.161 e. The molecule has 0 heterocycles. The Balaban J connectivity index is 1.41. The van der Waals surface area contributed by atoms with Gasteiger partial charge < -0.3 is 5.11 Å². The van der Waals surface area contributed by atoms with Crippen molar-refractivity contribution in [2.75, 3.05) is 0 Å². The van der Waals surface area contributed by atoms with Gasteiger partial charge in [0.2, 0.25) is 0 Å². The van der Waals surface area contributed by atoms with E-state index in [1.54, 1.807) is 18.1 Å². The van der Waals surface area contributed by atoms with Crippen molar-refractivity contribution in [2.45, 2.75) is 83.2 Å². The summed E-state index contributed by atoms with van der Waals surface area (Å²) in [5.41, 5.74) is 3.74. The average molecular weight is 379 g/mol. The van der Waals surface area contributed by atoms with Gasteiger partial charge in [0.1, 0.15) is 5.60 Å². The molecule has 5 rings (SSSR count). The Kier molecular flexibility index (Phi) is 4.36. The van der Waals surface area contributed by atoms with E-state index in [1.807, 2.05) is 0 Å². The van der Waals surface area contributed by atoms with Gasteiger partial charge in [0.05, 0.1) is 0 Å². The van der Waals surface area contributed by atoms with E-state index >= 15 is 0 Å². The first-order valence-electron chi connectivity index (χ1n) is 11.4. The van der Waals surface area contributed by atoms with Crippen LogP contribution in [0.4, 0.5) is 0 Å². The van der Waals surface area contributed by atoms with Crippen LogP contribution in [0.1, 0.15) is 83.1 Å². The molecule has 0 bridgehead atoms. The Bertz CT molecular complexity index is 809. The van der Waals surface area contributed by atoms with Gasteiger partial charge in [0, 0.05) is 5.41 Å². The second-order valence-electron chi connectivity index (χ2n) is 10.3. The van der Waals surface area contributed by atoms with Crippen LogP contribution in [0.15, 0.2) is 41.5 Å². The van der Waals surface area contributed by atoms with Crippen LogP contribution in [0, 0.1) is 23.2 Å². The third-order valence-corrected chi connectivity index (χ3v) is 9.34. The Morgan fingerprint density at radius 3 is 2.50 bits per heavy atom. The van der Waals surface area contributed by atoms with Gasteiger partial charge >= 0.3 is 0 Å². The summed E-state index contributed by atoms with van der Waals surface area (Å²) in [6, 6.07) is 11.1. The molecule has 28 heavy (non-hydrogen) atoms. The highest BCUT2D eigenvalue weighted by Crippen LogP contribution is 2.64. The highest BCUT2D eigenvalue weighted by Gasteiger charge is 2.62. The molecule has 0 spiro atoms. The zero-order chi connectivity index (χ0) is 19.5. The van der Waals surface area contributed by atoms with Crippen molar-refractivity contribution in [2.24, 2.45) is 23.2 Å². The zero-order valence-electron chi connectivity index (χ0n) is 17.4. The summed E-state index contributed by atoms with van der Waals surface area (Å²) in [4.78, 5) is 12.3. The maximum atomic E-state index is 12.3. The molecule has 6 atom stereocenters. The molecule has 0 amide bonds. The topological polar surface area (TPSA) is 37.3 Å². The standard InChI is InChI=1S/C26H34O2/c1-17(27)26(28)15-13-24-23-11-9-20-16-19(18-6-4-3-5-7-18)8-10-21(20)22(23)12-14-25(24,26)2/h3-7,19-20,23-24,28H,8-16H2,1-2H3/t19?,20?,23-,24+,25+,26+/m1/s1. The van der Waals surface area contributed by atoms with E-state index in [1.165, 1.54) is 37.7 Å². The quantitative estimate of drug-likeness (QED) is 0.660. The number of hydrogen-bond donors (Lipinski definition) is 1. The summed E-state index contributed by atoms with van der Waals surface area (Å²) >= 11 is 0. The molecule has 4 aliphatic carbocycles. The van der Waals surface area contributed by atoms with Crippen molar-refractivity contribution >= 4 is 5.78 Å². The van der Waals surface area contributed by atoms with Crippen LogP contribution in [0.3, 0.4) is 0 Å². The third kappa shape index (κ3) is 2.53. The molecular weight excluding hydrogens is 344 g/mol. The Hall–Kier alpha value is -1.41. The molecule has 2 unspecified atom stereocenters. The fraction of sp³-hybridized carbons (Fsp3) is 0.654. The van der Waals surface area contributed by atoms with Crippen molar-refractivity contribution in [3.63, 3.8) is 0 Å². The van der Waals surface area contributed by atoms with Crippen LogP contribution in [0.5, 0.6) is 0 Å². The van der Waals surface area contributed by atoms with Crippen molar-refractivity contribution in [3.05, 3.63) is 47.0 Å². The van der Waals surface area contributed by atoms with E-state index < -0.39 is 5.60 Å². The van der Waals surface area contributed by atoms with Gasteiger partial charge in [-0.25, -0.2) is 0 Å². The number of carbonyl (C=O) groups is 1. The minimum atomic E-state index is -1.09. The van der Waals surface area contributed by atoms with Gasteiger partial charge in [-0.15, -0.1) is 0 Å². The number of ketones is 1.